The minimum absolute atomic E-state index is 0.344. The molecular formula is C23H50O4. The van der Waals surface area contributed by atoms with Gasteiger partial charge >= 0.3 is 0 Å². The molecule has 0 amide bonds. The maximum Gasteiger partial charge on any atom is 0.0431 e. The van der Waals surface area contributed by atoms with Crippen molar-refractivity contribution in [1.29, 1.82) is 0 Å². The highest BCUT2D eigenvalue weighted by Crippen LogP contribution is 2.10. The minimum Gasteiger partial charge on any atom is -0.396 e. The molecule has 0 saturated heterocycles. The second-order valence-corrected chi connectivity index (χ2v) is 7.61. The van der Waals surface area contributed by atoms with Crippen LogP contribution in [0.3, 0.4) is 0 Å². The Bertz CT molecular complexity index is 202. The molecule has 0 bridgehead atoms. The molecule has 0 unspecified atom stereocenters. The summed E-state index contributed by atoms with van der Waals surface area (Å²) in [5, 5.41) is 34.2. The number of unbranched alkanes of at least 4 members (excludes halogenated alkanes) is 17. The topological polar surface area (TPSA) is 80.9 Å². The molecule has 0 aromatic heterocycles. The molecular weight excluding hydrogens is 340 g/mol. The fraction of sp³-hybridized carbons (Fsp3) is 1.00. The van der Waals surface area contributed by atoms with Crippen LogP contribution < -0.4 is 0 Å². The summed E-state index contributed by atoms with van der Waals surface area (Å²) in [5.41, 5.74) is 0. The van der Waals surface area contributed by atoms with E-state index in [2.05, 4.69) is 0 Å². The molecule has 0 spiro atoms. The second-order valence-electron chi connectivity index (χ2n) is 7.61. The van der Waals surface area contributed by atoms with Gasteiger partial charge in [-0.3, -0.25) is 0 Å². The smallest absolute Gasteiger partial charge is 0.0431 e. The quantitative estimate of drug-likeness (QED) is 0.199. The van der Waals surface area contributed by atoms with Gasteiger partial charge in [-0.1, -0.05) is 96.3 Å². The van der Waals surface area contributed by atoms with Crippen molar-refractivity contribution in [3.05, 3.63) is 0 Å². The monoisotopic (exact) mass is 390 g/mol. The molecule has 166 valence electrons. The Morgan fingerprint density at radius 2 is 0.296 bits per heavy atom. The first-order valence-electron chi connectivity index (χ1n) is 11.8. The van der Waals surface area contributed by atoms with E-state index in [-0.39, 0.29) is 0 Å². The first-order valence-corrected chi connectivity index (χ1v) is 11.8. The van der Waals surface area contributed by atoms with Gasteiger partial charge < -0.3 is 20.4 Å². The molecule has 0 aromatic carbocycles. The summed E-state index contributed by atoms with van der Waals surface area (Å²) in [6, 6.07) is 0. The summed E-state index contributed by atoms with van der Waals surface area (Å²) < 4.78 is 0. The summed E-state index contributed by atoms with van der Waals surface area (Å²) >= 11 is 0. The third-order valence-electron chi connectivity index (χ3n) is 4.88. The van der Waals surface area contributed by atoms with Gasteiger partial charge in [-0.05, 0) is 25.7 Å². The summed E-state index contributed by atoms with van der Waals surface area (Å²) in [7, 11) is 0. The summed E-state index contributed by atoms with van der Waals surface area (Å²) in [5.74, 6) is 0. The normalized spacial score (nSPS) is 10.7. The van der Waals surface area contributed by atoms with Crippen LogP contribution >= 0.6 is 0 Å². The van der Waals surface area contributed by atoms with Gasteiger partial charge in [-0.15, -0.1) is 0 Å². The minimum atomic E-state index is 0.344. The Kier molecular flexibility index (Phi) is 32.9. The van der Waals surface area contributed by atoms with Crippen molar-refractivity contribution in [1.82, 2.24) is 0 Å². The molecule has 0 saturated carbocycles. The van der Waals surface area contributed by atoms with Crippen molar-refractivity contribution in [2.45, 2.75) is 122 Å². The van der Waals surface area contributed by atoms with E-state index in [1.54, 1.807) is 0 Å². The highest BCUT2D eigenvalue weighted by atomic mass is 16.3. The zero-order valence-electron chi connectivity index (χ0n) is 18.1. The van der Waals surface area contributed by atoms with E-state index in [1.165, 1.54) is 96.3 Å². The highest BCUT2D eigenvalue weighted by molar-refractivity contribution is 4.48. The van der Waals surface area contributed by atoms with Crippen LogP contribution in [-0.2, 0) is 0 Å². The second kappa shape index (κ2) is 30.6. The molecule has 0 rings (SSSR count). The lowest BCUT2D eigenvalue weighted by Gasteiger charge is -2.01. The molecule has 0 aromatic rings. The Balaban J connectivity index is 0. The molecule has 0 fully saturated rings. The van der Waals surface area contributed by atoms with Crippen molar-refractivity contribution >= 4 is 0 Å². The average molecular weight is 391 g/mol. The Morgan fingerprint density at radius 3 is 0.407 bits per heavy atom. The van der Waals surface area contributed by atoms with Gasteiger partial charge in [0.1, 0.15) is 0 Å². The van der Waals surface area contributed by atoms with Gasteiger partial charge in [0.2, 0.25) is 0 Å². The van der Waals surface area contributed by atoms with Crippen molar-refractivity contribution in [3.8, 4) is 0 Å². The Labute approximate surface area is 169 Å². The lowest BCUT2D eigenvalue weighted by molar-refractivity contribution is 0.280. The molecule has 27 heavy (non-hydrogen) atoms. The van der Waals surface area contributed by atoms with Crippen molar-refractivity contribution < 1.29 is 20.4 Å². The van der Waals surface area contributed by atoms with E-state index >= 15 is 0 Å². The van der Waals surface area contributed by atoms with Crippen LogP contribution in [0.1, 0.15) is 122 Å². The van der Waals surface area contributed by atoms with Gasteiger partial charge in [-0.25, -0.2) is 0 Å². The SMILES string of the molecule is OCCCCCCCCCCCCO.OCCCCCCCCCCCO. The number of rotatable bonds is 21. The molecule has 0 heterocycles. The molecule has 0 aliphatic carbocycles. The van der Waals surface area contributed by atoms with Gasteiger partial charge in [0.05, 0.1) is 0 Å². The maximum absolute atomic E-state index is 8.57. The molecule has 0 radical (unpaired) electrons. The molecule has 4 heteroatoms. The maximum atomic E-state index is 8.57. The van der Waals surface area contributed by atoms with Crippen LogP contribution in [-0.4, -0.2) is 46.9 Å². The number of hydrogen-bond acceptors (Lipinski definition) is 4. The molecule has 0 atom stereocenters. The van der Waals surface area contributed by atoms with Crippen LogP contribution in [0.25, 0.3) is 0 Å². The molecule has 4 nitrogen and oxygen atoms in total. The number of aliphatic hydroxyl groups excluding tert-OH is 4. The fourth-order valence-electron chi connectivity index (χ4n) is 3.10. The van der Waals surface area contributed by atoms with E-state index in [0.717, 1.165) is 25.7 Å². The Morgan fingerprint density at radius 1 is 0.185 bits per heavy atom. The lowest BCUT2D eigenvalue weighted by Crippen LogP contribution is -1.85. The van der Waals surface area contributed by atoms with E-state index < -0.39 is 0 Å². The Hall–Kier alpha value is -0.160. The molecule has 4 N–H and O–H groups in total. The predicted molar refractivity (Wildman–Crippen MR) is 116 cm³/mol. The van der Waals surface area contributed by atoms with E-state index in [4.69, 9.17) is 20.4 Å². The van der Waals surface area contributed by atoms with Crippen LogP contribution in [0.15, 0.2) is 0 Å². The van der Waals surface area contributed by atoms with Crippen molar-refractivity contribution in [2.24, 2.45) is 0 Å². The van der Waals surface area contributed by atoms with Gasteiger partial charge in [0.15, 0.2) is 0 Å². The summed E-state index contributed by atoms with van der Waals surface area (Å²) in [4.78, 5) is 0. The van der Waals surface area contributed by atoms with E-state index in [9.17, 15) is 0 Å². The molecule has 0 aliphatic heterocycles. The largest absolute Gasteiger partial charge is 0.396 e. The third-order valence-corrected chi connectivity index (χ3v) is 4.88. The van der Waals surface area contributed by atoms with Gasteiger partial charge in [-0.2, -0.15) is 0 Å². The number of hydrogen-bond donors (Lipinski definition) is 4. The van der Waals surface area contributed by atoms with Crippen LogP contribution in [0.5, 0.6) is 0 Å². The summed E-state index contributed by atoms with van der Waals surface area (Å²) in [6.45, 7) is 1.38. The van der Waals surface area contributed by atoms with Gasteiger partial charge in [0, 0.05) is 26.4 Å². The molecule has 0 aliphatic rings. The lowest BCUT2D eigenvalue weighted by atomic mass is 10.1. The summed E-state index contributed by atoms with van der Waals surface area (Å²) in [6.07, 6.45) is 22.9. The van der Waals surface area contributed by atoms with Crippen LogP contribution in [0.4, 0.5) is 0 Å². The van der Waals surface area contributed by atoms with Crippen molar-refractivity contribution in [3.63, 3.8) is 0 Å². The number of aliphatic hydroxyl groups is 4. The fourth-order valence-corrected chi connectivity index (χ4v) is 3.10. The van der Waals surface area contributed by atoms with Crippen molar-refractivity contribution in [2.75, 3.05) is 26.4 Å². The first kappa shape index (κ1) is 29.0. The first-order chi connectivity index (χ1) is 13.3. The zero-order valence-corrected chi connectivity index (χ0v) is 18.1. The average Bonchev–Trinajstić information content (AvgIpc) is 2.69. The standard InChI is InChI=1S/C12H26O2.C11H24O2/c13-11-9-7-5-3-1-2-4-6-8-10-12-14;12-10-8-6-4-2-1-3-5-7-9-11-13/h13-14H,1-12H2;12-13H,1-11H2. The van der Waals surface area contributed by atoms with Gasteiger partial charge in [0.25, 0.3) is 0 Å². The van der Waals surface area contributed by atoms with Crippen LogP contribution in [0.2, 0.25) is 0 Å². The van der Waals surface area contributed by atoms with Crippen LogP contribution in [0, 0.1) is 0 Å². The zero-order chi connectivity index (χ0) is 20.3. The third kappa shape index (κ3) is 33.8. The highest BCUT2D eigenvalue weighted by Gasteiger charge is 1.92. The predicted octanol–water partition coefficient (Wildman–Crippen LogP) is 5.35. The van der Waals surface area contributed by atoms with E-state index in [0.29, 0.717) is 26.4 Å². The van der Waals surface area contributed by atoms with E-state index in [1.807, 2.05) is 0 Å².